The first-order chi connectivity index (χ1) is 9.04. The smallest absolute Gasteiger partial charge is 0.387 e. The molecule has 7 heteroatoms. The van der Waals surface area contributed by atoms with Crippen LogP contribution in [-0.2, 0) is 6.54 Å². The van der Waals surface area contributed by atoms with Crippen LogP contribution in [0.2, 0.25) is 5.02 Å². The van der Waals surface area contributed by atoms with Crippen LogP contribution in [0.3, 0.4) is 0 Å². The van der Waals surface area contributed by atoms with Gasteiger partial charge in [0.1, 0.15) is 5.75 Å². The summed E-state index contributed by atoms with van der Waals surface area (Å²) in [6.45, 7) is 2.95. The van der Waals surface area contributed by atoms with Crippen molar-refractivity contribution in [1.82, 2.24) is 10.2 Å². The molecule has 1 unspecified atom stereocenters. The first kappa shape index (κ1) is 17.4. The summed E-state index contributed by atoms with van der Waals surface area (Å²) in [5.74, 6) is 0.0223. The topological polar surface area (TPSA) is 24.5 Å². The average molecular weight is 327 g/mol. The lowest BCUT2D eigenvalue weighted by atomic mass is 10.1. The highest BCUT2D eigenvalue weighted by Crippen LogP contribution is 2.27. The summed E-state index contributed by atoms with van der Waals surface area (Å²) < 4.78 is 28.6. The maximum Gasteiger partial charge on any atom is 0.387 e. The Balaban J connectivity index is 0.00000200. The van der Waals surface area contributed by atoms with Crippen molar-refractivity contribution in [2.24, 2.45) is 0 Å². The van der Waals surface area contributed by atoms with Gasteiger partial charge in [0.25, 0.3) is 0 Å². The van der Waals surface area contributed by atoms with E-state index in [0.717, 1.165) is 31.7 Å². The summed E-state index contributed by atoms with van der Waals surface area (Å²) in [6, 6.07) is 5.42. The Labute approximate surface area is 128 Å². The van der Waals surface area contributed by atoms with Gasteiger partial charge >= 0.3 is 6.61 Å². The molecule has 0 saturated carbocycles. The Hall–Kier alpha value is -0.620. The summed E-state index contributed by atoms with van der Waals surface area (Å²) in [7, 11) is 0. The number of halogens is 4. The Kier molecular flexibility index (Phi) is 6.95. The summed E-state index contributed by atoms with van der Waals surface area (Å²) in [5.41, 5.74) is 1.00. The van der Waals surface area contributed by atoms with Gasteiger partial charge in [0.15, 0.2) is 0 Å². The second kappa shape index (κ2) is 7.98. The Morgan fingerprint density at radius 2 is 2.25 bits per heavy atom. The van der Waals surface area contributed by atoms with E-state index in [9.17, 15) is 8.78 Å². The standard InChI is InChI=1S/C13H17ClF2N2O.ClH/c1-9-7-18(5-4-17-9)8-10-2-3-12(11(14)6-10)19-13(15)16;/h2-3,6,9,13,17H,4-5,7-8H2,1H3;1H. The van der Waals surface area contributed by atoms with Gasteiger partial charge in [-0.1, -0.05) is 17.7 Å². The van der Waals surface area contributed by atoms with E-state index in [1.54, 1.807) is 12.1 Å². The van der Waals surface area contributed by atoms with Crippen molar-refractivity contribution < 1.29 is 13.5 Å². The fraction of sp³-hybridized carbons (Fsp3) is 0.538. The maximum absolute atomic E-state index is 12.1. The molecule has 1 saturated heterocycles. The van der Waals surface area contributed by atoms with Gasteiger partial charge < -0.3 is 10.1 Å². The van der Waals surface area contributed by atoms with Crippen LogP contribution >= 0.6 is 24.0 Å². The van der Waals surface area contributed by atoms with E-state index in [0.29, 0.717) is 6.04 Å². The molecule has 3 nitrogen and oxygen atoms in total. The number of benzene rings is 1. The van der Waals surface area contributed by atoms with Gasteiger partial charge in [0, 0.05) is 32.2 Å². The summed E-state index contributed by atoms with van der Waals surface area (Å²) in [6.07, 6.45) is 0. The predicted molar refractivity (Wildman–Crippen MR) is 78.1 cm³/mol. The molecule has 0 radical (unpaired) electrons. The van der Waals surface area contributed by atoms with Gasteiger partial charge in [-0.05, 0) is 24.6 Å². The number of alkyl halides is 2. The maximum atomic E-state index is 12.1. The molecule has 0 aliphatic carbocycles. The zero-order valence-electron chi connectivity index (χ0n) is 11.1. The molecule has 1 aliphatic rings. The molecule has 1 atom stereocenters. The van der Waals surface area contributed by atoms with Gasteiger partial charge in [-0.2, -0.15) is 8.78 Å². The van der Waals surface area contributed by atoms with Gasteiger partial charge in [-0.25, -0.2) is 0 Å². The Morgan fingerprint density at radius 1 is 1.50 bits per heavy atom. The van der Waals surface area contributed by atoms with Crippen molar-refractivity contribution >= 4 is 24.0 Å². The second-order valence-electron chi connectivity index (χ2n) is 4.73. The van der Waals surface area contributed by atoms with E-state index >= 15 is 0 Å². The van der Waals surface area contributed by atoms with Crippen LogP contribution in [0.25, 0.3) is 0 Å². The summed E-state index contributed by atoms with van der Waals surface area (Å²) >= 11 is 5.93. The van der Waals surface area contributed by atoms with Crippen LogP contribution < -0.4 is 10.1 Å². The lowest BCUT2D eigenvalue weighted by molar-refractivity contribution is -0.0498. The minimum Gasteiger partial charge on any atom is -0.433 e. The number of rotatable bonds is 4. The Bertz CT molecular complexity index is 435. The van der Waals surface area contributed by atoms with E-state index in [1.807, 2.05) is 0 Å². The van der Waals surface area contributed by atoms with Gasteiger partial charge in [-0.15, -0.1) is 12.4 Å². The van der Waals surface area contributed by atoms with Crippen molar-refractivity contribution in [3.8, 4) is 5.75 Å². The van der Waals surface area contributed by atoms with Crippen LogP contribution in [0.4, 0.5) is 8.78 Å². The van der Waals surface area contributed by atoms with Crippen molar-refractivity contribution in [2.75, 3.05) is 19.6 Å². The lowest BCUT2D eigenvalue weighted by Crippen LogP contribution is -2.48. The molecule has 1 aromatic rings. The van der Waals surface area contributed by atoms with Gasteiger partial charge in [0.2, 0.25) is 0 Å². The number of hydrogen-bond acceptors (Lipinski definition) is 3. The molecule has 2 rings (SSSR count). The number of nitrogens with one attached hydrogen (secondary N) is 1. The van der Waals surface area contributed by atoms with Crippen LogP contribution in [0, 0.1) is 0 Å². The SMILES string of the molecule is CC1CN(Cc2ccc(OC(F)F)c(Cl)c2)CCN1.Cl. The number of hydrogen-bond donors (Lipinski definition) is 1. The van der Waals surface area contributed by atoms with E-state index < -0.39 is 6.61 Å². The van der Waals surface area contributed by atoms with E-state index in [4.69, 9.17) is 11.6 Å². The highest BCUT2D eigenvalue weighted by molar-refractivity contribution is 6.32. The fourth-order valence-corrected chi connectivity index (χ4v) is 2.50. The number of nitrogens with zero attached hydrogens (tertiary/aromatic N) is 1. The summed E-state index contributed by atoms with van der Waals surface area (Å²) in [4.78, 5) is 2.31. The normalized spacial score (nSPS) is 19.8. The fourth-order valence-electron chi connectivity index (χ4n) is 2.25. The highest BCUT2D eigenvalue weighted by atomic mass is 35.5. The zero-order valence-corrected chi connectivity index (χ0v) is 12.7. The average Bonchev–Trinajstić information content (AvgIpc) is 2.32. The molecule has 0 amide bonds. The number of ether oxygens (including phenoxy) is 1. The molecular weight excluding hydrogens is 309 g/mol. The van der Waals surface area contributed by atoms with Gasteiger partial charge in [0.05, 0.1) is 5.02 Å². The second-order valence-corrected chi connectivity index (χ2v) is 5.14. The van der Waals surface area contributed by atoms with Crippen LogP contribution in [0.15, 0.2) is 18.2 Å². The molecule has 1 N–H and O–H groups in total. The van der Waals surface area contributed by atoms with Crippen molar-refractivity contribution in [1.29, 1.82) is 0 Å². The Morgan fingerprint density at radius 3 is 2.85 bits per heavy atom. The van der Waals surface area contributed by atoms with Crippen molar-refractivity contribution in [3.63, 3.8) is 0 Å². The van der Waals surface area contributed by atoms with E-state index in [1.165, 1.54) is 6.07 Å². The van der Waals surface area contributed by atoms with Crippen LogP contribution in [0.5, 0.6) is 5.75 Å². The minimum atomic E-state index is -2.85. The summed E-state index contributed by atoms with van der Waals surface area (Å²) in [5, 5.41) is 3.59. The first-order valence-electron chi connectivity index (χ1n) is 6.23. The molecule has 1 heterocycles. The molecule has 114 valence electrons. The molecule has 20 heavy (non-hydrogen) atoms. The lowest BCUT2D eigenvalue weighted by Gasteiger charge is -2.31. The monoisotopic (exact) mass is 326 g/mol. The van der Waals surface area contributed by atoms with Crippen LogP contribution in [-0.4, -0.2) is 37.2 Å². The largest absolute Gasteiger partial charge is 0.433 e. The molecule has 0 spiro atoms. The van der Waals surface area contributed by atoms with E-state index in [-0.39, 0.29) is 23.2 Å². The van der Waals surface area contributed by atoms with Crippen molar-refractivity contribution in [3.05, 3.63) is 28.8 Å². The molecule has 1 aromatic carbocycles. The quantitative estimate of drug-likeness (QED) is 0.919. The highest BCUT2D eigenvalue weighted by Gasteiger charge is 2.16. The predicted octanol–water partition coefficient (Wildman–Crippen LogP) is 3.16. The number of piperazine rings is 1. The first-order valence-corrected chi connectivity index (χ1v) is 6.61. The third-order valence-corrected chi connectivity index (χ3v) is 3.37. The van der Waals surface area contributed by atoms with E-state index in [2.05, 4.69) is 21.9 Å². The zero-order chi connectivity index (χ0) is 13.8. The third-order valence-electron chi connectivity index (χ3n) is 3.07. The molecule has 0 bridgehead atoms. The van der Waals surface area contributed by atoms with Gasteiger partial charge in [-0.3, -0.25) is 4.90 Å². The van der Waals surface area contributed by atoms with Crippen molar-refractivity contribution in [2.45, 2.75) is 26.1 Å². The molecular formula is C13H18Cl2F2N2O. The minimum absolute atomic E-state index is 0. The third kappa shape index (κ3) is 5.05. The molecule has 1 fully saturated rings. The molecule has 1 aliphatic heterocycles. The molecule has 0 aromatic heterocycles. The van der Waals surface area contributed by atoms with Crippen LogP contribution in [0.1, 0.15) is 12.5 Å².